The van der Waals surface area contributed by atoms with Gasteiger partial charge in [-0.1, -0.05) is 48.0 Å². The predicted molar refractivity (Wildman–Crippen MR) is 73.4 cm³/mol. The van der Waals surface area contributed by atoms with E-state index in [1.165, 1.54) is 12.1 Å². The van der Waals surface area contributed by atoms with E-state index in [0.717, 1.165) is 11.1 Å². The fourth-order valence-electron chi connectivity index (χ4n) is 1.78. The maximum absolute atomic E-state index is 12.4. The van der Waals surface area contributed by atoms with Gasteiger partial charge in [-0.25, -0.2) is 8.78 Å². The Balaban J connectivity index is 1.85. The third kappa shape index (κ3) is 4.30. The van der Waals surface area contributed by atoms with Crippen LogP contribution in [0.15, 0.2) is 48.5 Å². The van der Waals surface area contributed by atoms with Crippen molar-refractivity contribution in [1.29, 1.82) is 0 Å². The molecule has 0 fully saturated rings. The molecule has 100 valence electrons. The number of nitrogens with one attached hydrogen (secondary N) is 1. The first-order valence-corrected chi connectivity index (χ1v) is 6.35. The van der Waals surface area contributed by atoms with Crippen molar-refractivity contribution in [3.05, 3.63) is 70.2 Å². The summed E-state index contributed by atoms with van der Waals surface area (Å²) in [6.45, 7) is 1.33. The molecule has 0 saturated carbocycles. The van der Waals surface area contributed by atoms with Gasteiger partial charge in [0, 0.05) is 23.7 Å². The number of alkyl halides is 2. The third-order valence-electron chi connectivity index (χ3n) is 2.78. The molecular formula is C15H14ClF2N. The number of hydrogen-bond donors (Lipinski definition) is 1. The molecule has 2 aromatic rings. The minimum Gasteiger partial charge on any atom is -0.309 e. The molecule has 0 saturated heterocycles. The lowest BCUT2D eigenvalue weighted by Gasteiger charge is -2.06. The van der Waals surface area contributed by atoms with E-state index in [1.807, 2.05) is 24.3 Å². The van der Waals surface area contributed by atoms with E-state index in [4.69, 9.17) is 11.6 Å². The van der Waals surface area contributed by atoms with Crippen LogP contribution in [0, 0.1) is 0 Å². The van der Waals surface area contributed by atoms with E-state index in [2.05, 4.69) is 5.32 Å². The smallest absolute Gasteiger partial charge is 0.263 e. The topological polar surface area (TPSA) is 12.0 Å². The molecule has 0 aliphatic rings. The molecule has 1 N–H and O–H groups in total. The summed E-state index contributed by atoms with van der Waals surface area (Å²) in [5.74, 6) is 0. The van der Waals surface area contributed by atoms with E-state index in [9.17, 15) is 8.78 Å². The van der Waals surface area contributed by atoms with E-state index in [1.54, 1.807) is 12.1 Å². The summed E-state index contributed by atoms with van der Waals surface area (Å²) in [5.41, 5.74) is 2.13. The fraction of sp³-hybridized carbons (Fsp3) is 0.200. The lowest BCUT2D eigenvalue weighted by Crippen LogP contribution is -2.12. The number of hydrogen-bond acceptors (Lipinski definition) is 1. The average Bonchev–Trinajstić information content (AvgIpc) is 2.39. The molecule has 2 aromatic carbocycles. The lowest BCUT2D eigenvalue weighted by atomic mass is 10.1. The van der Waals surface area contributed by atoms with Gasteiger partial charge in [-0.05, 0) is 23.3 Å². The van der Waals surface area contributed by atoms with Gasteiger partial charge >= 0.3 is 0 Å². The predicted octanol–water partition coefficient (Wildman–Crippen LogP) is 4.57. The average molecular weight is 282 g/mol. The van der Waals surface area contributed by atoms with Gasteiger partial charge in [0.2, 0.25) is 0 Å². The quantitative estimate of drug-likeness (QED) is 0.847. The largest absolute Gasteiger partial charge is 0.309 e. The van der Waals surface area contributed by atoms with Crippen LogP contribution in [0.3, 0.4) is 0 Å². The van der Waals surface area contributed by atoms with Gasteiger partial charge in [-0.3, -0.25) is 0 Å². The SMILES string of the molecule is FC(F)c1ccc(CNCc2cccc(Cl)c2)cc1. The number of rotatable bonds is 5. The molecule has 0 aromatic heterocycles. The van der Waals surface area contributed by atoms with Gasteiger partial charge < -0.3 is 5.32 Å². The van der Waals surface area contributed by atoms with Crippen LogP contribution in [0.1, 0.15) is 23.1 Å². The first-order valence-electron chi connectivity index (χ1n) is 5.97. The molecule has 0 bridgehead atoms. The highest BCUT2D eigenvalue weighted by Gasteiger charge is 2.05. The summed E-state index contributed by atoms with van der Waals surface area (Å²) < 4.78 is 24.8. The highest BCUT2D eigenvalue weighted by Crippen LogP contribution is 2.18. The van der Waals surface area contributed by atoms with Gasteiger partial charge in [-0.2, -0.15) is 0 Å². The molecule has 4 heteroatoms. The van der Waals surface area contributed by atoms with Crippen molar-refractivity contribution in [2.75, 3.05) is 0 Å². The molecule has 0 atom stereocenters. The van der Waals surface area contributed by atoms with Crippen molar-refractivity contribution in [2.24, 2.45) is 0 Å². The van der Waals surface area contributed by atoms with E-state index < -0.39 is 6.43 Å². The van der Waals surface area contributed by atoms with E-state index in [-0.39, 0.29) is 5.56 Å². The zero-order valence-corrected chi connectivity index (χ0v) is 11.0. The third-order valence-corrected chi connectivity index (χ3v) is 3.01. The minimum atomic E-state index is -2.41. The summed E-state index contributed by atoms with van der Waals surface area (Å²) >= 11 is 5.89. The molecular weight excluding hydrogens is 268 g/mol. The Labute approximate surface area is 116 Å². The van der Waals surface area contributed by atoms with Crippen molar-refractivity contribution in [3.63, 3.8) is 0 Å². The van der Waals surface area contributed by atoms with Crippen molar-refractivity contribution in [1.82, 2.24) is 5.32 Å². The Hall–Kier alpha value is -1.45. The van der Waals surface area contributed by atoms with Gasteiger partial charge in [0.15, 0.2) is 0 Å². The standard InChI is InChI=1S/C15H14ClF2N/c16-14-3-1-2-12(8-14)10-19-9-11-4-6-13(7-5-11)15(17)18/h1-8,15,19H,9-10H2. The molecule has 0 aliphatic heterocycles. The van der Waals surface area contributed by atoms with Gasteiger partial charge in [0.1, 0.15) is 0 Å². The Morgan fingerprint density at radius 3 is 2.26 bits per heavy atom. The number of benzene rings is 2. The van der Waals surface area contributed by atoms with Crippen LogP contribution in [0.2, 0.25) is 5.02 Å². The van der Waals surface area contributed by atoms with Crippen LogP contribution in [0.25, 0.3) is 0 Å². The highest BCUT2D eigenvalue weighted by molar-refractivity contribution is 6.30. The molecule has 0 heterocycles. The molecule has 0 unspecified atom stereocenters. The maximum Gasteiger partial charge on any atom is 0.263 e. The Morgan fingerprint density at radius 1 is 0.947 bits per heavy atom. The fourth-order valence-corrected chi connectivity index (χ4v) is 1.99. The molecule has 0 spiro atoms. The van der Waals surface area contributed by atoms with Crippen molar-refractivity contribution in [2.45, 2.75) is 19.5 Å². The second-order valence-corrected chi connectivity index (χ2v) is 4.71. The lowest BCUT2D eigenvalue weighted by molar-refractivity contribution is 0.151. The second kappa shape index (κ2) is 6.64. The van der Waals surface area contributed by atoms with E-state index >= 15 is 0 Å². The van der Waals surface area contributed by atoms with Gasteiger partial charge in [-0.15, -0.1) is 0 Å². The Bertz CT molecular complexity index is 526. The molecule has 0 radical (unpaired) electrons. The van der Waals surface area contributed by atoms with Crippen molar-refractivity contribution < 1.29 is 8.78 Å². The first kappa shape index (κ1) is 14.0. The molecule has 2 rings (SSSR count). The zero-order valence-electron chi connectivity index (χ0n) is 10.2. The monoisotopic (exact) mass is 281 g/mol. The van der Waals surface area contributed by atoms with Gasteiger partial charge in [0.05, 0.1) is 0 Å². The normalized spacial score (nSPS) is 10.9. The van der Waals surface area contributed by atoms with Crippen LogP contribution in [0.4, 0.5) is 8.78 Å². The van der Waals surface area contributed by atoms with Crippen LogP contribution in [0.5, 0.6) is 0 Å². The van der Waals surface area contributed by atoms with Crippen LogP contribution in [-0.4, -0.2) is 0 Å². The first-order chi connectivity index (χ1) is 9.15. The highest BCUT2D eigenvalue weighted by atomic mass is 35.5. The summed E-state index contributed by atoms with van der Waals surface area (Å²) in [5, 5.41) is 3.96. The van der Waals surface area contributed by atoms with Gasteiger partial charge in [0.25, 0.3) is 6.43 Å². The van der Waals surface area contributed by atoms with Crippen LogP contribution in [-0.2, 0) is 13.1 Å². The molecule has 1 nitrogen and oxygen atoms in total. The van der Waals surface area contributed by atoms with E-state index in [0.29, 0.717) is 18.1 Å². The second-order valence-electron chi connectivity index (χ2n) is 4.28. The van der Waals surface area contributed by atoms with Crippen LogP contribution < -0.4 is 5.32 Å². The zero-order chi connectivity index (χ0) is 13.7. The summed E-state index contributed by atoms with van der Waals surface area (Å²) in [6.07, 6.45) is -2.41. The maximum atomic E-state index is 12.4. The van der Waals surface area contributed by atoms with Crippen LogP contribution >= 0.6 is 11.6 Å². The molecule has 19 heavy (non-hydrogen) atoms. The number of halogens is 3. The van der Waals surface area contributed by atoms with Crippen molar-refractivity contribution in [3.8, 4) is 0 Å². The van der Waals surface area contributed by atoms with Crippen molar-refractivity contribution >= 4 is 11.6 Å². The Kier molecular flexibility index (Phi) is 4.88. The molecule has 0 aliphatic carbocycles. The Morgan fingerprint density at radius 2 is 1.63 bits per heavy atom. The molecule has 0 amide bonds. The summed E-state index contributed by atoms with van der Waals surface area (Å²) in [7, 11) is 0. The summed E-state index contributed by atoms with van der Waals surface area (Å²) in [4.78, 5) is 0. The minimum absolute atomic E-state index is 0.0543. The summed E-state index contributed by atoms with van der Waals surface area (Å²) in [6, 6.07) is 14.0.